The lowest BCUT2D eigenvalue weighted by Crippen LogP contribution is -2.37. The lowest BCUT2D eigenvalue weighted by molar-refractivity contribution is -0.0281. The molecule has 1 atom stereocenters. The van der Waals surface area contributed by atoms with Gasteiger partial charge in [-0.2, -0.15) is 0 Å². The third-order valence-corrected chi connectivity index (χ3v) is 5.59. The minimum absolute atomic E-state index is 0.0589. The summed E-state index contributed by atoms with van der Waals surface area (Å²) in [5.41, 5.74) is 3.06. The number of ether oxygens (including phenoxy) is 1. The second-order valence-corrected chi connectivity index (χ2v) is 7.81. The fourth-order valence-electron chi connectivity index (χ4n) is 3.91. The highest BCUT2D eigenvalue weighted by Crippen LogP contribution is 2.30. The van der Waals surface area contributed by atoms with Crippen LogP contribution in [0.4, 0.5) is 4.39 Å². The van der Waals surface area contributed by atoms with Crippen LogP contribution in [0.1, 0.15) is 46.1 Å². The molecule has 1 aliphatic heterocycles. The van der Waals surface area contributed by atoms with E-state index in [1.165, 1.54) is 12.1 Å². The molecule has 160 valence electrons. The molecule has 1 fully saturated rings. The van der Waals surface area contributed by atoms with E-state index < -0.39 is 5.97 Å². The first-order valence-corrected chi connectivity index (χ1v) is 10.4. The van der Waals surface area contributed by atoms with Crippen LogP contribution in [0.5, 0.6) is 0 Å². The smallest absolute Gasteiger partial charge is 0.354 e. The molecule has 0 bridgehead atoms. The Hall–Kier alpha value is -3.09. The summed E-state index contributed by atoms with van der Waals surface area (Å²) in [6.45, 7) is 2.51. The van der Waals surface area contributed by atoms with Gasteiger partial charge in [0.2, 0.25) is 0 Å². The monoisotopic (exact) mass is 420 g/mol. The number of benzene rings is 2. The number of halogens is 1. The number of likely N-dealkylation sites (tertiary alicyclic amines) is 1. The van der Waals surface area contributed by atoms with E-state index in [1.807, 2.05) is 36.4 Å². The molecule has 3 aromatic rings. The van der Waals surface area contributed by atoms with E-state index in [2.05, 4.69) is 9.88 Å². The van der Waals surface area contributed by atoms with Gasteiger partial charge in [0.25, 0.3) is 0 Å². The van der Waals surface area contributed by atoms with E-state index in [-0.39, 0.29) is 23.7 Å². The van der Waals surface area contributed by atoms with Gasteiger partial charge in [0.15, 0.2) is 0 Å². The molecule has 0 saturated carbocycles. The Balaban J connectivity index is 1.37. The number of carboxylic acids is 1. The summed E-state index contributed by atoms with van der Waals surface area (Å²) < 4.78 is 19.9. The Morgan fingerprint density at radius 3 is 2.32 bits per heavy atom. The van der Waals surface area contributed by atoms with Crippen molar-refractivity contribution in [3.05, 3.63) is 101 Å². The molecule has 0 amide bonds. The number of piperidine rings is 1. The summed E-state index contributed by atoms with van der Waals surface area (Å²) in [5, 5.41) is 8.97. The predicted molar refractivity (Wildman–Crippen MR) is 115 cm³/mol. The van der Waals surface area contributed by atoms with E-state index in [9.17, 15) is 9.18 Å². The van der Waals surface area contributed by atoms with Gasteiger partial charge in [0.1, 0.15) is 17.6 Å². The molecule has 1 saturated heterocycles. The number of rotatable bonds is 7. The number of aromatic nitrogens is 1. The van der Waals surface area contributed by atoms with Crippen LogP contribution in [0.3, 0.4) is 0 Å². The molecule has 0 radical (unpaired) electrons. The van der Waals surface area contributed by atoms with Crippen LogP contribution in [0, 0.1) is 5.82 Å². The second kappa shape index (κ2) is 9.81. The number of hydrogen-bond acceptors (Lipinski definition) is 4. The van der Waals surface area contributed by atoms with Crippen LogP contribution in [0.25, 0.3) is 0 Å². The number of carboxylic acid groups (broad SMARTS) is 1. The molecule has 1 N–H and O–H groups in total. The van der Waals surface area contributed by atoms with E-state index in [4.69, 9.17) is 9.84 Å². The van der Waals surface area contributed by atoms with Gasteiger partial charge in [-0.3, -0.25) is 4.90 Å². The van der Waals surface area contributed by atoms with E-state index in [0.717, 1.165) is 49.2 Å². The van der Waals surface area contributed by atoms with Gasteiger partial charge in [-0.05, 0) is 47.7 Å². The molecule has 1 unspecified atom stereocenters. The van der Waals surface area contributed by atoms with E-state index >= 15 is 0 Å². The number of pyridine rings is 1. The van der Waals surface area contributed by atoms with Crippen molar-refractivity contribution in [3.8, 4) is 0 Å². The molecule has 31 heavy (non-hydrogen) atoms. The zero-order chi connectivity index (χ0) is 21.6. The maximum Gasteiger partial charge on any atom is 0.354 e. The van der Waals surface area contributed by atoms with Gasteiger partial charge < -0.3 is 9.84 Å². The number of aromatic carboxylic acids is 1. The van der Waals surface area contributed by atoms with Gasteiger partial charge in [-0.15, -0.1) is 0 Å². The molecule has 0 spiro atoms. The van der Waals surface area contributed by atoms with E-state index in [1.54, 1.807) is 24.4 Å². The molecule has 1 aromatic heterocycles. The normalized spacial score (nSPS) is 16.2. The highest BCUT2D eigenvalue weighted by molar-refractivity contribution is 5.85. The number of nitrogens with zero attached hydrogens (tertiary/aromatic N) is 2. The Kier molecular flexibility index (Phi) is 6.70. The van der Waals surface area contributed by atoms with Crippen LogP contribution in [0.2, 0.25) is 0 Å². The van der Waals surface area contributed by atoms with Gasteiger partial charge in [-0.25, -0.2) is 14.2 Å². The molecular formula is C25H25FN2O3. The molecular weight excluding hydrogens is 395 g/mol. The maximum absolute atomic E-state index is 13.4. The third kappa shape index (κ3) is 5.54. The van der Waals surface area contributed by atoms with Crippen molar-refractivity contribution in [1.29, 1.82) is 0 Å². The average molecular weight is 420 g/mol. The molecule has 6 heteroatoms. The summed E-state index contributed by atoms with van der Waals surface area (Å²) in [6.07, 6.45) is 3.30. The van der Waals surface area contributed by atoms with Crippen molar-refractivity contribution in [1.82, 2.24) is 9.88 Å². The second-order valence-electron chi connectivity index (χ2n) is 7.81. The van der Waals surface area contributed by atoms with Crippen LogP contribution in [0.15, 0.2) is 72.9 Å². The van der Waals surface area contributed by atoms with Gasteiger partial charge in [0.05, 0.1) is 6.10 Å². The Bertz CT molecular complexity index is 986. The molecule has 0 aliphatic carbocycles. The van der Waals surface area contributed by atoms with Crippen LogP contribution in [-0.2, 0) is 11.3 Å². The molecule has 2 heterocycles. The highest BCUT2D eigenvalue weighted by atomic mass is 19.1. The van der Waals surface area contributed by atoms with Crippen LogP contribution >= 0.6 is 0 Å². The Morgan fingerprint density at radius 2 is 1.71 bits per heavy atom. The first-order chi connectivity index (χ1) is 15.1. The summed E-state index contributed by atoms with van der Waals surface area (Å²) in [6, 6.07) is 19.9. The minimum atomic E-state index is -1.02. The summed E-state index contributed by atoms with van der Waals surface area (Å²) in [7, 11) is 0. The van der Waals surface area contributed by atoms with Crippen LogP contribution in [-0.4, -0.2) is 40.2 Å². The van der Waals surface area contributed by atoms with Crippen molar-refractivity contribution in [2.45, 2.75) is 31.6 Å². The van der Waals surface area contributed by atoms with E-state index in [0.29, 0.717) is 0 Å². The largest absolute Gasteiger partial charge is 0.477 e. The topological polar surface area (TPSA) is 62.7 Å². The van der Waals surface area contributed by atoms with Crippen molar-refractivity contribution >= 4 is 5.97 Å². The molecule has 2 aromatic carbocycles. The quantitative estimate of drug-likeness (QED) is 0.601. The lowest BCUT2D eigenvalue weighted by atomic mass is 10.00. The fourth-order valence-corrected chi connectivity index (χ4v) is 3.91. The van der Waals surface area contributed by atoms with Gasteiger partial charge in [-0.1, -0.05) is 48.5 Å². The summed E-state index contributed by atoms with van der Waals surface area (Å²) in [4.78, 5) is 17.3. The maximum atomic E-state index is 13.4. The van der Waals surface area contributed by atoms with Crippen molar-refractivity contribution in [2.24, 2.45) is 0 Å². The Morgan fingerprint density at radius 1 is 1.03 bits per heavy atom. The lowest BCUT2D eigenvalue weighted by Gasteiger charge is -2.34. The third-order valence-electron chi connectivity index (χ3n) is 5.59. The zero-order valence-electron chi connectivity index (χ0n) is 17.2. The van der Waals surface area contributed by atoms with Crippen LogP contribution < -0.4 is 0 Å². The fraction of sp³-hybridized carbons (Fsp3) is 0.280. The summed E-state index contributed by atoms with van der Waals surface area (Å²) >= 11 is 0. The van der Waals surface area contributed by atoms with Crippen molar-refractivity contribution in [3.63, 3.8) is 0 Å². The standard InChI is InChI=1S/C25H25FN2O3/c26-21-9-7-20(8-10-21)24(19-4-2-1-3-5-19)31-22-12-14-28(15-13-22)17-18-6-11-23(25(29)30)27-16-18/h1-11,16,22,24H,12-15,17H2,(H,29,30). The van der Waals surface area contributed by atoms with Crippen molar-refractivity contribution in [2.75, 3.05) is 13.1 Å². The average Bonchev–Trinajstić information content (AvgIpc) is 2.80. The van der Waals surface area contributed by atoms with Gasteiger partial charge in [0, 0.05) is 25.8 Å². The van der Waals surface area contributed by atoms with Gasteiger partial charge >= 0.3 is 5.97 Å². The molecule has 4 rings (SSSR count). The predicted octanol–water partition coefficient (Wildman–Crippen LogP) is 4.69. The minimum Gasteiger partial charge on any atom is -0.477 e. The molecule has 1 aliphatic rings. The number of hydrogen-bond donors (Lipinski definition) is 1. The number of carbonyl (C=O) groups is 1. The zero-order valence-corrected chi connectivity index (χ0v) is 17.2. The Labute approximate surface area is 181 Å². The van der Waals surface area contributed by atoms with Crippen molar-refractivity contribution < 1.29 is 19.0 Å². The highest BCUT2D eigenvalue weighted by Gasteiger charge is 2.25. The molecule has 5 nitrogen and oxygen atoms in total. The first-order valence-electron chi connectivity index (χ1n) is 10.4. The SMILES string of the molecule is O=C(O)c1ccc(CN2CCC(OC(c3ccccc3)c3ccc(F)cc3)CC2)cn1. The first kappa shape index (κ1) is 21.2. The summed E-state index contributed by atoms with van der Waals surface area (Å²) in [5.74, 6) is -1.27.